The van der Waals surface area contributed by atoms with Crippen molar-refractivity contribution < 1.29 is 62.3 Å². The van der Waals surface area contributed by atoms with Crippen LogP contribution in [0.1, 0.15) is 0 Å². The van der Waals surface area contributed by atoms with Gasteiger partial charge in [0.05, 0.1) is 0 Å². The van der Waals surface area contributed by atoms with Gasteiger partial charge in [-0.1, -0.05) is 0 Å². The second-order valence-electron chi connectivity index (χ2n) is 1.14. The maximum atomic E-state index is 9.60. The Hall–Kier alpha value is -1.80. The van der Waals surface area contributed by atoms with Gasteiger partial charge in [0, 0.05) is 0 Å². The van der Waals surface area contributed by atoms with E-state index in [2.05, 4.69) is 8.74 Å². The molecule has 0 aromatic rings. The minimum absolute atomic E-state index is 0. The second kappa shape index (κ2) is 25.9. The van der Waals surface area contributed by atoms with Crippen molar-refractivity contribution in [3.05, 3.63) is 30.3 Å². The molecule has 0 aromatic carbocycles. The van der Waals surface area contributed by atoms with E-state index >= 15 is 0 Å². The molecular weight excluding hydrogens is 507 g/mol. The van der Waals surface area contributed by atoms with Crippen LogP contribution >= 0.6 is 0 Å². The molecule has 0 saturated heterocycles. The summed E-state index contributed by atoms with van der Waals surface area (Å²) in [5.41, 5.74) is 0. The quantitative estimate of drug-likeness (QED) is 0.182. The Bertz CT molecular complexity index is 188. The van der Waals surface area contributed by atoms with Gasteiger partial charge in [-0.2, -0.15) is 0 Å². The number of hydrogen-bond acceptors (Lipinski definition) is 9. The molecule has 0 aromatic heterocycles. The van der Waals surface area contributed by atoms with Crippen LogP contribution in [0.4, 0.5) is 0 Å². The molecule has 20 heavy (non-hydrogen) atoms. The fourth-order valence-corrected chi connectivity index (χ4v) is 1.83. The first kappa shape index (κ1) is 51.7. The van der Waals surface area contributed by atoms with Crippen molar-refractivity contribution in [3.8, 4) is 0 Å². The van der Waals surface area contributed by atoms with E-state index in [0.29, 0.717) is 0 Å². The first-order valence-electron chi connectivity index (χ1n) is 2.19. The molecule has 0 bridgehead atoms. The Morgan fingerprint density at radius 3 is 0.800 bits per heavy atom. The molecule has 0 aliphatic heterocycles. The molecule has 0 heterocycles. The zero-order valence-electron chi connectivity index (χ0n) is 8.96. The van der Waals surface area contributed by atoms with Gasteiger partial charge in [0.1, 0.15) is 0 Å². The van der Waals surface area contributed by atoms with Gasteiger partial charge in [-0.05, 0) is 0 Å². The second-order valence-corrected chi connectivity index (χ2v) is 4.78. The average Bonchev–Trinajstić information content (AvgIpc) is 1.80. The summed E-state index contributed by atoms with van der Waals surface area (Å²) in [7, 11) is 0. The van der Waals surface area contributed by atoms with Gasteiger partial charge >= 0.3 is 77.4 Å². The summed E-state index contributed by atoms with van der Waals surface area (Å²) in [6.07, 6.45) is 0. The number of rotatable bonds is 6. The first-order chi connectivity index (χ1) is 5.91. The van der Waals surface area contributed by atoms with Gasteiger partial charge in [-0.15, -0.1) is 0 Å². The molecule has 0 fully saturated rings. The predicted molar refractivity (Wildman–Crippen MR) is 55.3 cm³/mol. The van der Waals surface area contributed by atoms with Crippen LogP contribution in [0.25, 0.3) is 0 Å². The van der Waals surface area contributed by atoms with Gasteiger partial charge in [0.15, 0.2) is 0 Å². The van der Waals surface area contributed by atoms with E-state index in [9.17, 15) is 30.3 Å². The van der Waals surface area contributed by atoms with E-state index in [-0.39, 0.29) is 38.3 Å². The van der Waals surface area contributed by atoms with Gasteiger partial charge in [-0.3, -0.25) is 0 Å². The maximum absolute atomic E-state index is 9.60. The Morgan fingerprint density at radius 2 is 0.700 bits per heavy atom. The Labute approximate surface area is 116 Å². The normalized spacial score (nSPS) is 5.85. The van der Waals surface area contributed by atoms with Crippen LogP contribution in [0.3, 0.4) is 0 Å². The van der Waals surface area contributed by atoms with Crippen molar-refractivity contribution >= 4 is 23.1 Å². The third kappa shape index (κ3) is 36.0. The standard InChI is InChI=1S/Bi.3NO3.7H2O/c;3*2-1(3)4;;;;;;;/h;;;;7*1H2/q+3;3*-1;;;;;;;. The van der Waals surface area contributed by atoms with Gasteiger partial charge < -0.3 is 38.3 Å². The summed E-state index contributed by atoms with van der Waals surface area (Å²) in [4.78, 5) is 28.8. The van der Waals surface area contributed by atoms with Crippen LogP contribution in [0.2, 0.25) is 0 Å². The molecule has 0 amide bonds. The predicted octanol–water partition coefficient (Wildman–Crippen LogP) is -7.18. The molecule has 19 nitrogen and oxygen atoms in total. The van der Waals surface area contributed by atoms with E-state index in [1.54, 1.807) is 0 Å². The topological polar surface area (TPSA) is 378 Å². The zero-order chi connectivity index (χ0) is 10.4. The summed E-state index contributed by atoms with van der Waals surface area (Å²) in [6, 6.07) is 0. The van der Waals surface area contributed by atoms with E-state index in [1.807, 2.05) is 0 Å². The van der Waals surface area contributed by atoms with Gasteiger partial charge in [0.2, 0.25) is 0 Å². The van der Waals surface area contributed by atoms with Crippen LogP contribution in [-0.4, -0.2) is 76.7 Å². The van der Waals surface area contributed by atoms with Crippen molar-refractivity contribution in [1.82, 2.24) is 0 Å². The van der Waals surface area contributed by atoms with E-state index in [4.69, 9.17) is 0 Å². The van der Waals surface area contributed by atoms with Crippen molar-refractivity contribution in [3.63, 3.8) is 0 Å². The average molecular weight is 521 g/mol. The molecule has 0 rings (SSSR count). The molecule has 0 saturated carbocycles. The fourth-order valence-electron chi connectivity index (χ4n) is 0.208. The summed E-state index contributed by atoms with van der Waals surface area (Å²) in [5.74, 6) is 0. The van der Waals surface area contributed by atoms with Crippen LogP contribution in [-0.2, 0) is 8.74 Å². The van der Waals surface area contributed by atoms with Crippen LogP contribution < -0.4 is 0 Å². The van der Waals surface area contributed by atoms with Gasteiger partial charge in [0.25, 0.3) is 0 Å². The summed E-state index contributed by atoms with van der Waals surface area (Å²) in [6.45, 7) is 0. The Balaban J connectivity index is -0.0000000343. The molecule has 130 valence electrons. The van der Waals surface area contributed by atoms with Crippen LogP contribution in [0.5, 0.6) is 0 Å². The van der Waals surface area contributed by atoms with Crippen LogP contribution in [0.15, 0.2) is 0 Å². The molecule has 0 aliphatic carbocycles. The van der Waals surface area contributed by atoms with Crippen molar-refractivity contribution in [2.45, 2.75) is 0 Å². The monoisotopic (exact) mass is 521 g/mol. The molecule has 0 radical (unpaired) electrons. The molecule has 14 N–H and O–H groups in total. The SMILES string of the molecule is O.O.O.O.O.O.O.O=[N+]([O-])[O][Bi]([O][N+](=O)[O-])[O][N+](=O)[O-]. The Morgan fingerprint density at radius 1 is 0.550 bits per heavy atom. The number of hydrogen-bond donors (Lipinski definition) is 0. The minimum atomic E-state index is -4.64. The van der Waals surface area contributed by atoms with Crippen molar-refractivity contribution in [2.75, 3.05) is 0 Å². The van der Waals surface area contributed by atoms with Crippen molar-refractivity contribution in [2.24, 2.45) is 0 Å². The molecular formula is H14BiN3O16. The summed E-state index contributed by atoms with van der Waals surface area (Å²) < 4.78 is 10.4. The summed E-state index contributed by atoms with van der Waals surface area (Å²) in [5, 5.41) is 24.4. The third-order valence-corrected chi connectivity index (χ3v) is 3.51. The third-order valence-electron chi connectivity index (χ3n) is 0.400. The fraction of sp³-hybridized carbons (Fsp3) is 0. The molecule has 0 atom stereocenters. The molecule has 0 spiro atoms. The molecule has 0 aliphatic rings. The summed E-state index contributed by atoms with van der Waals surface area (Å²) >= 11 is -4.64. The number of nitrogens with zero attached hydrogens (tertiary/aromatic N) is 3. The molecule has 20 heteroatoms. The first-order valence-corrected chi connectivity index (χ1v) is 6.45. The van der Waals surface area contributed by atoms with E-state index in [0.717, 1.165) is 0 Å². The van der Waals surface area contributed by atoms with E-state index < -0.39 is 38.3 Å². The van der Waals surface area contributed by atoms with Crippen molar-refractivity contribution in [1.29, 1.82) is 0 Å². The van der Waals surface area contributed by atoms with E-state index in [1.165, 1.54) is 0 Å². The Kier molecular flexibility index (Phi) is 67.0. The molecule has 0 unspecified atom stereocenters. The zero-order valence-corrected chi connectivity index (χ0v) is 12.4. The van der Waals surface area contributed by atoms with Gasteiger partial charge in [-0.25, -0.2) is 0 Å². The van der Waals surface area contributed by atoms with Crippen LogP contribution in [0, 0.1) is 30.3 Å².